The summed E-state index contributed by atoms with van der Waals surface area (Å²) < 4.78 is 4.03. The van der Waals surface area contributed by atoms with E-state index in [0.717, 1.165) is 22.4 Å². The molecule has 0 spiro atoms. The average Bonchev–Trinajstić information content (AvgIpc) is 2.76. The summed E-state index contributed by atoms with van der Waals surface area (Å²) in [6, 6.07) is 9.35. The Morgan fingerprint density at radius 3 is 2.61 bits per heavy atom. The first-order valence-corrected chi connectivity index (χ1v) is 5.85. The number of fused-ring (bicyclic) bond motifs is 1. The Kier molecular flexibility index (Phi) is 2.30. The standard InChI is InChI=1S/C14H13N3O/c1-10-8-13(18)9-11(2)17(10)16-7-3-4-12-5-6-15-14(12)16/h3-9H,1-2H3/p+1. The number of rotatable bonds is 1. The van der Waals surface area contributed by atoms with Crippen LogP contribution >= 0.6 is 0 Å². The van der Waals surface area contributed by atoms with Gasteiger partial charge in [0.1, 0.15) is 6.20 Å². The van der Waals surface area contributed by atoms with Crippen molar-refractivity contribution in [2.75, 3.05) is 0 Å². The van der Waals surface area contributed by atoms with Crippen LogP contribution in [0, 0.1) is 13.8 Å². The average molecular weight is 240 g/mol. The molecule has 0 saturated heterocycles. The molecule has 0 amide bonds. The fourth-order valence-electron chi connectivity index (χ4n) is 2.37. The summed E-state index contributed by atoms with van der Waals surface area (Å²) in [7, 11) is 0. The van der Waals surface area contributed by atoms with Crippen LogP contribution in [0.25, 0.3) is 11.0 Å². The highest BCUT2D eigenvalue weighted by Gasteiger charge is 2.12. The van der Waals surface area contributed by atoms with Gasteiger partial charge in [0.15, 0.2) is 5.43 Å². The van der Waals surface area contributed by atoms with Gasteiger partial charge in [-0.1, -0.05) is 0 Å². The van der Waals surface area contributed by atoms with E-state index in [1.165, 1.54) is 0 Å². The summed E-state index contributed by atoms with van der Waals surface area (Å²) >= 11 is 0. The smallest absolute Gasteiger partial charge is 0.290 e. The second kappa shape index (κ2) is 3.84. The zero-order valence-electron chi connectivity index (χ0n) is 10.3. The van der Waals surface area contributed by atoms with Gasteiger partial charge in [0.2, 0.25) is 0 Å². The Balaban J connectivity index is 2.40. The van der Waals surface area contributed by atoms with Crippen LogP contribution in [0.3, 0.4) is 0 Å². The lowest BCUT2D eigenvalue weighted by Crippen LogP contribution is -2.45. The molecule has 0 bridgehead atoms. The van der Waals surface area contributed by atoms with Crippen molar-refractivity contribution in [3.05, 3.63) is 64.3 Å². The van der Waals surface area contributed by atoms with Crippen molar-refractivity contribution in [1.82, 2.24) is 9.66 Å². The van der Waals surface area contributed by atoms with Gasteiger partial charge in [-0.3, -0.25) is 4.79 Å². The van der Waals surface area contributed by atoms with E-state index in [4.69, 9.17) is 0 Å². The van der Waals surface area contributed by atoms with Gasteiger partial charge in [-0.15, -0.1) is 4.68 Å². The summed E-state index contributed by atoms with van der Waals surface area (Å²) in [5.41, 5.74) is 2.87. The van der Waals surface area contributed by atoms with E-state index < -0.39 is 0 Å². The van der Waals surface area contributed by atoms with Crippen molar-refractivity contribution in [3.63, 3.8) is 0 Å². The Bertz CT molecular complexity index is 757. The fraction of sp³-hybridized carbons (Fsp3) is 0.143. The zero-order valence-corrected chi connectivity index (χ0v) is 10.3. The number of pyridine rings is 2. The van der Waals surface area contributed by atoms with Gasteiger partial charge in [0.05, 0.1) is 23.0 Å². The molecule has 0 atom stereocenters. The minimum Gasteiger partial charge on any atom is -0.290 e. The van der Waals surface area contributed by atoms with Gasteiger partial charge >= 0.3 is 5.65 Å². The van der Waals surface area contributed by atoms with Crippen LogP contribution < -0.4 is 10.1 Å². The number of H-pyrrole nitrogens is 1. The van der Waals surface area contributed by atoms with E-state index >= 15 is 0 Å². The summed E-state index contributed by atoms with van der Waals surface area (Å²) in [6.07, 6.45) is 3.89. The maximum atomic E-state index is 11.5. The molecular formula is C14H14N3O+. The molecule has 0 aliphatic heterocycles. The van der Waals surface area contributed by atoms with Crippen LogP contribution in [0.5, 0.6) is 0 Å². The van der Waals surface area contributed by atoms with Crippen molar-refractivity contribution in [3.8, 4) is 0 Å². The molecule has 3 aromatic rings. The number of aryl methyl sites for hydroxylation is 2. The van der Waals surface area contributed by atoms with E-state index in [1.807, 2.05) is 47.7 Å². The largest absolute Gasteiger partial charge is 0.310 e. The third-order valence-electron chi connectivity index (χ3n) is 3.07. The molecule has 90 valence electrons. The van der Waals surface area contributed by atoms with Crippen molar-refractivity contribution in [2.45, 2.75) is 13.8 Å². The SMILES string of the molecule is Cc1cc(=O)cc(C)n1-[n+]1cccc2cc[nH]c21. The molecule has 3 heterocycles. The molecule has 4 heteroatoms. The third kappa shape index (κ3) is 1.54. The Morgan fingerprint density at radius 2 is 1.89 bits per heavy atom. The number of aromatic nitrogens is 3. The van der Waals surface area contributed by atoms with Crippen LogP contribution in [0.15, 0.2) is 47.5 Å². The summed E-state index contributed by atoms with van der Waals surface area (Å²) in [5, 5.41) is 1.13. The van der Waals surface area contributed by atoms with E-state index in [0.29, 0.717) is 0 Å². The number of hydrogen-bond acceptors (Lipinski definition) is 1. The van der Waals surface area contributed by atoms with E-state index in [2.05, 4.69) is 11.1 Å². The minimum atomic E-state index is 0.0421. The Labute approximate surface area is 104 Å². The van der Waals surface area contributed by atoms with E-state index in [1.54, 1.807) is 12.1 Å². The summed E-state index contributed by atoms with van der Waals surface area (Å²) in [4.78, 5) is 14.7. The maximum absolute atomic E-state index is 11.5. The van der Waals surface area contributed by atoms with Gasteiger partial charge in [0, 0.05) is 12.1 Å². The van der Waals surface area contributed by atoms with Gasteiger partial charge in [0.25, 0.3) is 0 Å². The number of nitrogens with one attached hydrogen (secondary N) is 1. The molecule has 18 heavy (non-hydrogen) atoms. The van der Waals surface area contributed by atoms with Crippen LogP contribution in [0.4, 0.5) is 0 Å². The van der Waals surface area contributed by atoms with Crippen LogP contribution in [0.1, 0.15) is 11.4 Å². The first kappa shape index (κ1) is 10.8. The first-order valence-electron chi connectivity index (χ1n) is 5.85. The second-order valence-corrected chi connectivity index (χ2v) is 4.42. The molecule has 4 nitrogen and oxygen atoms in total. The quantitative estimate of drug-likeness (QED) is 0.644. The number of hydrogen-bond donors (Lipinski definition) is 1. The summed E-state index contributed by atoms with van der Waals surface area (Å²) in [6.45, 7) is 3.87. The van der Waals surface area contributed by atoms with Crippen molar-refractivity contribution in [2.24, 2.45) is 0 Å². The lowest BCUT2D eigenvalue weighted by atomic mass is 10.3. The second-order valence-electron chi connectivity index (χ2n) is 4.42. The molecular weight excluding hydrogens is 226 g/mol. The normalized spacial score (nSPS) is 11.0. The van der Waals surface area contributed by atoms with E-state index in [9.17, 15) is 4.79 Å². The lowest BCUT2D eigenvalue weighted by Gasteiger charge is -2.11. The highest BCUT2D eigenvalue weighted by Crippen LogP contribution is 2.07. The number of aromatic amines is 1. The topological polar surface area (TPSA) is 41.7 Å². The molecule has 0 saturated carbocycles. The lowest BCUT2D eigenvalue weighted by molar-refractivity contribution is -0.706. The van der Waals surface area contributed by atoms with Crippen LogP contribution in [0.2, 0.25) is 0 Å². The van der Waals surface area contributed by atoms with Crippen molar-refractivity contribution in [1.29, 1.82) is 0 Å². The van der Waals surface area contributed by atoms with Gasteiger partial charge < -0.3 is 0 Å². The molecule has 0 radical (unpaired) electrons. The highest BCUT2D eigenvalue weighted by molar-refractivity contribution is 5.71. The van der Waals surface area contributed by atoms with Crippen molar-refractivity contribution >= 4 is 11.0 Å². The van der Waals surface area contributed by atoms with Crippen LogP contribution in [-0.2, 0) is 0 Å². The third-order valence-corrected chi connectivity index (χ3v) is 3.07. The Hall–Kier alpha value is -2.36. The van der Waals surface area contributed by atoms with Crippen molar-refractivity contribution < 1.29 is 4.68 Å². The predicted molar refractivity (Wildman–Crippen MR) is 69.5 cm³/mol. The molecule has 0 fully saturated rings. The fourth-order valence-corrected chi connectivity index (χ4v) is 2.37. The van der Waals surface area contributed by atoms with E-state index in [-0.39, 0.29) is 5.43 Å². The van der Waals surface area contributed by atoms with Gasteiger partial charge in [-0.25, -0.2) is 4.98 Å². The molecule has 0 aliphatic carbocycles. The molecule has 0 aliphatic rings. The first-order chi connectivity index (χ1) is 8.66. The molecule has 0 aromatic carbocycles. The number of nitrogens with zero attached hydrogens (tertiary/aromatic N) is 2. The Morgan fingerprint density at radius 1 is 1.17 bits per heavy atom. The molecule has 0 unspecified atom stereocenters. The molecule has 1 N–H and O–H groups in total. The summed E-state index contributed by atoms with van der Waals surface area (Å²) in [5.74, 6) is 0. The molecule has 3 aromatic heterocycles. The van der Waals surface area contributed by atoms with Gasteiger partial charge in [-0.05, 0) is 32.0 Å². The zero-order chi connectivity index (χ0) is 12.7. The highest BCUT2D eigenvalue weighted by atomic mass is 16.1. The monoisotopic (exact) mass is 240 g/mol. The minimum absolute atomic E-state index is 0.0421. The van der Waals surface area contributed by atoms with Gasteiger partial charge in [-0.2, -0.15) is 4.68 Å². The van der Waals surface area contributed by atoms with Crippen LogP contribution in [-0.4, -0.2) is 9.66 Å². The molecule has 3 rings (SSSR count). The maximum Gasteiger partial charge on any atom is 0.310 e. The predicted octanol–water partition coefficient (Wildman–Crippen LogP) is 1.55.